The van der Waals surface area contributed by atoms with Crippen molar-refractivity contribution in [1.82, 2.24) is 15.3 Å². The second-order valence-corrected chi connectivity index (χ2v) is 8.53. The molecule has 7 heteroatoms. The predicted octanol–water partition coefficient (Wildman–Crippen LogP) is 4.23. The summed E-state index contributed by atoms with van der Waals surface area (Å²) in [5.74, 6) is 3.33. The van der Waals surface area contributed by atoms with E-state index in [0.717, 1.165) is 66.0 Å². The molecule has 0 unspecified atom stereocenters. The molecule has 0 amide bonds. The third kappa shape index (κ3) is 5.05. The molecule has 170 valence electrons. The number of hydrogen-bond donors (Lipinski definition) is 2. The highest BCUT2D eigenvalue weighted by atomic mass is 16.5. The number of anilines is 2. The average molecular weight is 436 g/mol. The number of nitrogens with zero attached hydrogens (tertiary/aromatic N) is 3. The predicted molar refractivity (Wildman–Crippen MR) is 130 cm³/mol. The van der Waals surface area contributed by atoms with E-state index in [0.29, 0.717) is 18.0 Å². The van der Waals surface area contributed by atoms with E-state index in [-0.39, 0.29) is 0 Å². The number of hydrogen-bond acceptors (Lipinski definition) is 7. The summed E-state index contributed by atoms with van der Waals surface area (Å²) < 4.78 is 10.8. The maximum Gasteiger partial charge on any atom is 0.225 e. The third-order valence-corrected chi connectivity index (χ3v) is 6.14. The second kappa shape index (κ2) is 10.0. The van der Waals surface area contributed by atoms with Crippen molar-refractivity contribution < 1.29 is 9.47 Å². The topological polar surface area (TPSA) is 71.5 Å². The van der Waals surface area contributed by atoms with Gasteiger partial charge in [0.15, 0.2) is 0 Å². The van der Waals surface area contributed by atoms with Crippen molar-refractivity contribution in [3.63, 3.8) is 0 Å². The number of benzene rings is 2. The monoisotopic (exact) mass is 435 g/mol. The van der Waals surface area contributed by atoms with E-state index in [1.165, 1.54) is 0 Å². The molecular formula is C25H33N5O2. The molecule has 1 heterocycles. The summed E-state index contributed by atoms with van der Waals surface area (Å²) in [5, 5.41) is 8.35. The molecule has 2 N–H and O–H groups in total. The maximum absolute atomic E-state index is 5.52. The molecule has 4 rings (SSSR count). The fourth-order valence-corrected chi connectivity index (χ4v) is 4.34. The molecule has 0 spiro atoms. The summed E-state index contributed by atoms with van der Waals surface area (Å²) in [6.07, 6.45) is 4.41. The highest BCUT2D eigenvalue weighted by Gasteiger charge is 2.22. The van der Waals surface area contributed by atoms with Crippen molar-refractivity contribution in [2.24, 2.45) is 0 Å². The quantitative estimate of drug-likeness (QED) is 0.549. The summed E-state index contributed by atoms with van der Waals surface area (Å²) >= 11 is 0. The minimum absolute atomic E-state index is 0.389. The Labute approximate surface area is 190 Å². The van der Waals surface area contributed by atoms with Crippen LogP contribution in [0, 0.1) is 0 Å². The molecule has 1 fully saturated rings. The number of nitrogens with one attached hydrogen (secondary N) is 2. The molecule has 0 saturated heterocycles. The molecule has 0 bridgehead atoms. The summed E-state index contributed by atoms with van der Waals surface area (Å²) in [7, 11) is 7.41. The lowest BCUT2D eigenvalue weighted by atomic mass is 9.91. The van der Waals surface area contributed by atoms with Crippen molar-refractivity contribution in [2.45, 2.75) is 44.3 Å². The fraction of sp³-hybridized carbons (Fsp3) is 0.440. The van der Waals surface area contributed by atoms with E-state index in [4.69, 9.17) is 19.4 Å². The SMILES string of the molecule is COc1ccc(CNC2CCC(Nc3nc(N(C)C)c4ccccc4n3)CC2)c(OC)c1. The minimum Gasteiger partial charge on any atom is -0.497 e. The molecule has 1 aliphatic carbocycles. The normalized spacial score (nSPS) is 18.4. The van der Waals surface area contributed by atoms with Crippen LogP contribution >= 0.6 is 0 Å². The number of fused-ring (bicyclic) bond motifs is 1. The average Bonchev–Trinajstić information content (AvgIpc) is 2.83. The van der Waals surface area contributed by atoms with Crippen molar-refractivity contribution in [2.75, 3.05) is 38.5 Å². The molecule has 32 heavy (non-hydrogen) atoms. The van der Waals surface area contributed by atoms with Crippen LogP contribution in [0.25, 0.3) is 10.9 Å². The van der Waals surface area contributed by atoms with Gasteiger partial charge in [-0.05, 0) is 43.9 Å². The second-order valence-electron chi connectivity index (χ2n) is 8.53. The first-order chi connectivity index (χ1) is 15.6. The Bertz CT molecular complexity index is 1050. The molecule has 1 aliphatic rings. The zero-order valence-electron chi connectivity index (χ0n) is 19.4. The Morgan fingerprint density at radius 3 is 2.41 bits per heavy atom. The molecular weight excluding hydrogens is 402 g/mol. The van der Waals surface area contributed by atoms with E-state index < -0.39 is 0 Å². The minimum atomic E-state index is 0.389. The van der Waals surface area contributed by atoms with Crippen molar-refractivity contribution >= 4 is 22.7 Å². The molecule has 0 radical (unpaired) electrons. The van der Waals surface area contributed by atoms with Crippen LogP contribution in [0.15, 0.2) is 42.5 Å². The molecule has 0 atom stereocenters. The zero-order valence-corrected chi connectivity index (χ0v) is 19.4. The van der Waals surface area contributed by atoms with E-state index in [2.05, 4.69) is 22.8 Å². The Morgan fingerprint density at radius 1 is 0.938 bits per heavy atom. The number of para-hydroxylation sites is 1. The maximum atomic E-state index is 5.52. The summed E-state index contributed by atoms with van der Waals surface area (Å²) in [5.41, 5.74) is 2.12. The molecule has 1 aromatic heterocycles. The van der Waals surface area contributed by atoms with Gasteiger partial charge in [-0.2, -0.15) is 4.98 Å². The van der Waals surface area contributed by atoms with Crippen LogP contribution in [0.5, 0.6) is 11.5 Å². The number of ether oxygens (including phenoxy) is 2. The molecule has 0 aliphatic heterocycles. The van der Waals surface area contributed by atoms with E-state index in [9.17, 15) is 0 Å². The van der Waals surface area contributed by atoms with Crippen molar-refractivity contribution in [3.05, 3.63) is 48.0 Å². The Hall–Kier alpha value is -3.06. The first-order valence-corrected chi connectivity index (χ1v) is 11.2. The van der Waals surface area contributed by atoms with Crippen LogP contribution in [0.3, 0.4) is 0 Å². The molecule has 3 aromatic rings. The largest absolute Gasteiger partial charge is 0.497 e. The summed E-state index contributed by atoms with van der Waals surface area (Å²) in [6.45, 7) is 0.788. The van der Waals surface area contributed by atoms with Gasteiger partial charge in [0.25, 0.3) is 0 Å². The first-order valence-electron chi connectivity index (χ1n) is 11.2. The summed E-state index contributed by atoms with van der Waals surface area (Å²) in [4.78, 5) is 11.6. The molecule has 1 saturated carbocycles. The summed E-state index contributed by atoms with van der Waals surface area (Å²) in [6, 6.07) is 15.0. The van der Waals surface area contributed by atoms with Gasteiger partial charge in [0.2, 0.25) is 5.95 Å². The lowest BCUT2D eigenvalue weighted by molar-refractivity contribution is 0.347. The smallest absolute Gasteiger partial charge is 0.225 e. The lowest BCUT2D eigenvalue weighted by Gasteiger charge is -2.30. The Kier molecular flexibility index (Phi) is 6.95. The Morgan fingerprint density at radius 2 is 1.69 bits per heavy atom. The highest BCUT2D eigenvalue weighted by Crippen LogP contribution is 2.28. The van der Waals surface area contributed by atoms with Crippen molar-refractivity contribution in [1.29, 1.82) is 0 Å². The zero-order chi connectivity index (χ0) is 22.5. The van der Waals surface area contributed by atoms with Crippen LogP contribution in [0.1, 0.15) is 31.2 Å². The van der Waals surface area contributed by atoms with Crippen LogP contribution in [-0.4, -0.2) is 50.4 Å². The lowest BCUT2D eigenvalue weighted by Crippen LogP contribution is -2.37. The van der Waals surface area contributed by atoms with E-state index >= 15 is 0 Å². The van der Waals surface area contributed by atoms with Gasteiger partial charge in [0.05, 0.1) is 19.7 Å². The van der Waals surface area contributed by atoms with Gasteiger partial charge >= 0.3 is 0 Å². The fourth-order valence-electron chi connectivity index (χ4n) is 4.34. The van der Waals surface area contributed by atoms with E-state index in [1.54, 1.807) is 14.2 Å². The number of rotatable bonds is 8. The van der Waals surface area contributed by atoms with Gasteiger partial charge < -0.3 is 25.0 Å². The van der Waals surface area contributed by atoms with Gasteiger partial charge in [0, 0.05) is 49.7 Å². The molecule has 2 aromatic carbocycles. The van der Waals surface area contributed by atoms with Crippen LogP contribution in [0.2, 0.25) is 0 Å². The third-order valence-electron chi connectivity index (χ3n) is 6.14. The van der Waals surface area contributed by atoms with Crippen LogP contribution in [-0.2, 0) is 6.54 Å². The van der Waals surface area contributed by atoms with Crippen molar-refractivity contribution in [3.8, 4) is 11.5 Å². The Balaban J connectivity index is 1.34. The van der Waals surface area contributed by atoms with Crippen LogP contribution in [0.4, 0.5) is 11.8 Å². The highest BCUT2D eigenvalue weighted by molar-refractivity contribution is 5.90. The van der Waals surface area contributed by atoms with Gasteiger partial charge in [-0.25, -0.2) is 4.98 Å². The van der Waals surface area contributed by atoms with Gasteiger partial charge in [-0.1, -0.05) is 18.2 Å². The van der Waals surface area contributed by atoms with Gasteiger partial charge in [-0.3, -0.25) is 0 Å². The van der Waals surface area contributed by atoms with Crippen LogP contribution < -0.4 is 25.0 Å². The van der Waals surface area contributed by atoms with Gasteiger partial charge in [-0.15, -0.1) is 0 Å². The van der Waals surface area contributed by atoms with Gasteiger partial charge in [0.1, 0.15) is 17.3 Å². The number of methoxy groups -OCH3 is 2. The first kappa shape index (κ1) is 22.1. The number of aromatic nitrogens is 2. The standard InChI is InChI=1S/C25H33N5O2/c1-30(2)24-21-7-5-6-8-22(21)28-25(29-24)27-19-12-10-18(11-13-19)26-16-17-9-14-20(31-3)15-23(17)32-4/h5-9,14-15,18-19,26H,10-13,16H2,1-4H3,(H,27,28,29). The molecule has 7 nitrogen and oxygen atoms in total. The van der Waals surface area contributed by atoms with E-state index in [1.807, 2.05) is 49.3 Å².